The summed E-state index contributed by atoms with van der Waals surface area (Å²) in [4.78, 5) is 10.9. The quantitative estimate of drug-likeness (QED) is 0.468. The zero-order valence-corrected chi connectivity index (χ0v) is 8.42. The van der Waals surface area contributed by atoms with Crippen molar-refractivity contribution in [1.29, 1.82) is 0 Å². The van der Waals surface area contributed by atoms with E-state index >= 15 is 0 Å². The fourth-order valence-corrected chi connectivity index (χ4v) is 1.13. The topological polar surface area (TPSA) is 57.5 Å². The molecule has 0 fully saturated rings. The van der Waals surface area contributed by atoms with Gasteiger partial charge in [0.15, 0.2) is 5.79 Å². The SMILES string of the molecule is C[CH]C(=O)CC(O)(O)CCCCC. The van der Waals surface area contributed by atoms with Crippen molar-refractivity contribution in [3.05, 3.63) is 6.42 Å². The van der Waals surface area contributed by atoms with Crippen molar-refractivity contribution in [2.75, 3.05) is 0 Å². The average molecular weight is 187 g/mol. The highest BCUT2D eigenvalue weighted by atomic mass is 16.5. The fraction of sp³-hybridized carbons (Fsp3) is 0.800. The molecule has 0 aliphatic heterocycles. The first-order valence-corrected chi connectivity index (χ1v) is 4.79. The molecular formula is C10H19O3. The molecule has 3 nitrogen and oxygen atoms in total. The van der Waals surface area contributed by atoms with Gasteiger partial charge in [-0.3, -0.25) is 4.79 Å². The minimum Gasteiger partial charge on any atom is -0.365 e. The van der Waals surface area contributed by atoms with Gasteiger partial charge in [-0.25, -0.2) is 0 Å². The predicted molar refractivity (Wildman–Crippen MR) is 50.9 cm³/mol. The molecule has 0 saturated carbocycles. The van der Waals surface area contributed by atoms with Gasteiger partial charge in [-0.1, -0.05) is 26.7 Å². The Kier molecular flexibility index (Phi) is 5.91. The van der Waals surface area contributed by atoms with E-state index in [0.29, 0.717) is 0 Å². The lowest BCUT2D eigenvalue weighted by atomic mass is 10.0. The van der Waals surface area contributed by atoms with Crippen LogP contribution in [-0.4, -0.2) is 21.8 Å². The Labute approximate surface area is 79.8 Å². The first-order valence-electron chi connectivity index (χ1n) is 4.79. The van der Waals surface area contributed by atoms with E-state index in [2.05, 4.69) is 0 Å². The Balaban J connectivity index is 3.72. The van der Waals surface area contributed by atoms with Crippen LogP contribution >= 0.6 is 0 Å². The third kappa shape index (κ3) is 6.72. The second kappa shape index (κ2) is 6.11. The van der Waals surface area contributed by atoms with Gasteiger partial charge >= 0.3 is 0 Å². The third-order valence-electron chi connectivity index (χ3n) is 1.96. The molecule has 0 aromatic rings. The van der Waals surface area contributed by atoms with E-state index < -0.39 is 5.79 Å². The summed E-state index contributed by atoms with van der Waals surface area (Å²) < 4.78 is 0. The molecule has 0 aliphatic carbocycles. The maximum absolute atomic E-state index is 10.9. The lowest BCUT2D eigenvalue weighted by Gasteiger charge is -2.20. The molecule has 0 rings (SSSR count). The third-order valence-corrected chi connectivity index (χ3v) is 1.96. The van der Waals surface area contributed by atoms with Crippen LogP contribution in [0.15, 0.2) is 0 Å². The van der Waals surface area contributed by atoms with Gasteiger partial charge < -0.3 is 10.2 Å². The number of hydrogen-bond acceptors (Lipinski definition) is 3. The normalized spacial score (nSPS) is 11.7. The van der Waals surface area contributed by atoms with Crippen molar-refractivity contribution < 1.29 is 15.0 Å². The Morgan fingerprint density at radius 2 is 2.00 bits per heavy atom. The molecule has 0 amide bonds. The Hall–Kier alpha value is -0.410. The molecule has 13 heavy (non-hydrogen) atoms. The van der Waals surface area contributed by atoms with Crippen LogP contribution < -0.4 is 0 Å². The molecule has 0 bridgehead atoms. The number of hydrogen-bond donors (Lipinski definition) is 2. The molecule has 1 radical (unpaired) electrons. The number of unbranched alkanes of at least 4 members (excludes halogenated alkanes) is 2. The molecule has 3 heteroatoms. The lowest BCUT2D eigenvalue weighted by molar-refractivity contribution is -0.174. The number of Topliss-reactive ketones (excluding diaryl/α,β-unsaturated/α-hetero) is 1. The van der Waals surface area contributed by atoms with Crippen molar-refractivity contribution in [3.8, 4) is 0 Å². The lowest BCUT2D eigenvalue weighted by Crippen LogP contribution is -2.31. The summed E-state index contributed by atoms with van der Waals surface area (Å²) in [5, 5.41) is 18.7. The zero-order valence-electron chi connectivity index (χ0n) is 8.42. The van der Waals surface area contributed by atoms with Crippen molar-refractivity contribution >= 4 is 5.78 Å². The summed E-state index contributed by atoms with van der Waals surface area (Å²) in [5.41, 5.74) is 0. The van der Waals surface area contributed by atoms with E-state index in [9.17, 15) is 15.0 Å². The first-order chi connectivity index (χ1) is 6.02. The molecular weight excluding hydrogens is 168 g/mol. The minimum absolute atomic E-state index is 0.187. The highest BCUT2D eigenvalue weighted by Crippen LogP contribution is 2.16. The van der Waals surface area contributed by atoms with Crippen LogP contribution in [0.2, 0.25) is 0 Å². The molecule has 77 valence electrons. The van der Waals surface area contributed by atoms with E-state index in [0.717, 1.165) is 19.3 Å². The molecule has 0 aromatic heterocycles. The maximum atomic E-state index is 10.9. The molecule has 0 atom stereocenters. The van der Waals surface area contributed by atoms with Gasteiger partial charge in [-0.2, -0.15) is 0 Å². The van der Waals surface area contributed by atoms with Gasteiger partial charge in [0, 0.05) is 12.8 Å². The van der Waals surface area contributed by atoms with Crippen molar-refractivity contribution in [3.63, 3.8) is 0 Å². The monoisotopic (exact) mass is 187 g/mol. The second-order valence-corrected chi connectivity index (χ2v) is 3.37. The number of aliphatic hydroxyl groups is 2. The average Bonchev–Trinajstić information content (AvgIpc) is 2.03. The standard InChI is InChI=1S/C10H19O3/c1-3-5-6-7-10(12,13)8-9(11)4-2/h4,12-13H,3,5-8H2,1-2H3. The highest BCUT2D eigenvalue weighted by Gasteiger charge is 2.24. The van der Waals surface area contributed by atoms with Crippen LogP contribution in [-0.2, 0) is 4.79 Å². The second-order valence-electron chi connectivity index (χ2n) is 3.37. The van der Waals surface area contributed by atoms with Gasteiger partial charge in [0.1, 0.15) is 5.78 Å². The van der Waals surface area contributed by atoms with Crippen LogP contribution in [0.5, 0.6) is 0 Å². The smallest absolute Gasteiger partial charge is 0.169 e. The van der Waals surface area contributed by atoms with Crippen LogP contribution in [0, 0.1) is 6.42 Å². The maximum Gasteiger partial charge on any atom is 0.169 e. The van der Waals surface area contributed by atoms with E-state index in [-0.39, 0.29) is 18.6 Å². The minimum atomic E-state index is -1.81. The van der Waals surface area contributed by atoms with Gasteiger partial charge in [0.2, 0.25) is 0 Å². The molecule has 0 aliphatic rings. The van der Waals surface area contributed by atoms with E-state index in [4.69, 9.17) is 0 Å². The molecule has 0 heterocycles. The van der Waals surface area contributed by atoms with Crippen molar-refractivity contribution in [2.24, 2.45) is 0 Å². The summed E-state index contributed by atoms with van der Waals surface area (Å²) in [7, 11) is 0. The van der Waals surface area contributed by atoms with E-state index in [1.54, 1.807) is 6.92 Å². The van der Waals surface area contributed by atoms with Crippen LogP contribution in [0.1, 0.15) is 46.0 Å². The molecule has 0 spiro atoms. The predicted octanol–water partition coefficient (Wildman–Crippen LogP) is 1.43. The number of carbonyl (C=O) groups excluding carboxylic acids is 1. The van der Waals surface area contributed by atoms with Crippen LogP contribution in [0.3, 0.4) is 0 Å². The fourth-order valence-electron chi connectivity index (χ4n) is 1.13. The molecule has 0 saturated heterocycles. The number of rotatable bonds is 7. The van der Waals surface area contributed by atoms with Gasteiger partial charge in [-0.05, 0) is 6.42 Å². The summed E-state index contributed by atoms with van der Waals surface area (Å²) in [6.07, 6.45) is 4.20. The number of carbonyl (C=O) groups is 1. The van der Waals surface area contributed by atoms with Crippen molar-refractivity contribution in [1.82, 2.24) is 0 Å². The van der Waals surface area contributed by atoms with E-state index in [1.807, 2.05) is 6.92 Å². The summed E-state index contributed by atoms with van der Waals surface area (Å²) in [5.74, 6) is -2.03. The molecule has 0 aromatic carbocycles. The summed E-state index contributed by atoms with van der Waals surface area (Å²) in [6, 6.07) is 0. The van der Waals surface area contributed by atoms with Gasteiger partial charge in [0.25, 0.3) is 0 Å². The van der Waals surface area contributed by atoms with Crippen LogP contribution in [0.4, 0.5) is 0 Å². The van der Waals surface area contributed by atoms with Gasteiger partial charge in [0.05, 0.1) is 6.42 Å². The van der Waals surface area contributed by atoms with Gasteiger partial charge in [-0.15, -0.1) is 0 Å². The Bertz CT molecular complexity index is 152. The zero-order chi connectivity index (χ0) is 10.3. The Morgan fingerprint density at radius 1 is 1.38 bits per heavy atom. The summed E-state index contributed by atoms with van der Waals surface area (Å²) in [6.45, 7) is 3.64. The Morgan fingerprint density at radius 3 is 2.46 bits per heavy atom. The van der Waals surface area contributed by atoms with Crippen molar-refractivity contribution in [2.45, 2.75) is 51.7 Å². The first kappa shape index (κ1) is 12.6. The van der Waals surface area contributed by atoms with Crippen LogP contribution in [0.25, 0.3) is 0 Å². The largest absolute Gasteiger partial charge is 0.365 e. The van der Waals surface area contributed by atoms with E-state index in [1.165, 1.54) is 6.42 Å². The molecule has 0 unspecified atom stereocenters. The number of ketones is 1. The summed E-state index contributed by atoms with van der Waals surface area (Å²) >= 11 is 0. The highest BCUT2D eigenvalue weighted by molar-refractivity contribution is 5.86. The molecule has 2 N–H and O–H groups in total.